The van der Waals surface area contributed by atoms with Gasteiger partial charge in [-0.1, -0.05) is 24.3 Å². The standard InChI is InChI=1S/C26H30N2O4S/c1-17-7-9-20(4)23(13-17)27-26(29)16-28(22-11-10-19(3)21(5)15-22)33(30,31)25-14-18(2)8-12-24(25)32-6/h7-15H,16H2,1-6H3,(H,27,29). The highest BCUT2D eigenvalue weighted by Gasteiger charge is 2.30. The Morgan fingerprint density at radius 2 is 1.48 bits per heavy atom. The first-order valence-corrected chi connectivity index (χ1v) is 12.1. The maximum atomic E-state index is 13.8. The summed E-state index contributed by atoms with van der Waals surface area (Å²) in [4.78, 5) is 13.1. The van der Waals surface area contributed by atoms with Crippen molar-refractivity contribution in [3.8, 4) is 5.75 Å². The van der Waals surface area contributed by atoms with Crippen LogP contribution in [-0.2, 0) is 14.8 Å². The van der Waals surface area contributed by atoms with Crippen molar-refractivity contribution in [3.05, 3.63) is 82.4 Å². The lowest BCUT2D eigenvalue weighted by atomic mass is 10.1. The molecule has 3 aromatic carbocycles. The SMILES string of the molecule is COc1ccc(C)cc1S(=O)(=O)N(CC(=O)Nc1cc(C)ccc1C)c1ccc(C)c(C)c1. The number of carbonyl (C=O) groups excluding carboxylic acids is 1. The topological polar surface area (TPSA) is 75.7 Å². The minimum Gasteiger partial charge on any atom is -0.495 e. The number of amides is 1. The summed E-state index contributed by atoms with van der Waals surface area (Å²) in [6.45, 7) is 9.12. The van der Waals surface area contributed by atoms with Crippen molar-refractivity contribution in [2.45, 2.75) is 39.5 Å². The second-order valence-electron chi connectivity index (χ2n) is 8.30. The molecular weight excluding hydrogens is 436 g/mol. The molecule has 0 fully saturated rings. The lowest BCUT2D eigenvalue weighted by molar-refractivity contribution is -0.114. The summed E-state index contributed by atoms with van der Waals surface area (Å²) in [6, 6.07) is 16.1. The van der Waals surface area contributed by atoms with Crippen LogP contribution in [0, 0.1) is 34.6 Å². The van der Waals surface area contributed by atoms with E-state index in [9.17, 15) is 13.2 Å². The van der Waals surface area contributed by atoms with Crippen LogP contribution in [0.1, 0.15) is 27.8 Å². The lowest BCUT2D eigenvalue weighted by Gasteiger charge is -2.26. The van der Waals surface area contributed by atoms with Gasteiger partial charge in [0, 0.05) is 5.69 Å². The number of nitrogens with zero attached hydrogens (tertiary/aromatic N) is 1. The Hall–Kier alpha value is -3.32. The van der Waals surface area contributed by atoms with Gasteiger partial charge in [0.25, 0.3) is 10.0 Å². The highest BCUT2D eigenvalue weighted by molar-refractivity contribution is 7.93. The van der Waals surface area contributed by atoms with Gasteiger partial charge in [0.2, 0.25) is 5.91 Å². The zero-order valence-corrected chi connectivity index (χ0v) is 20.7. The smallest absolute Gasteiger partial charge is 0.268 e. The molecule has 0 spiro atoms. The molecule has 3 rings (SSSR count). The van der Waals surface area contributed by atoms with Crippen LogP contribution in [0.4, 0.5) is 11.4 Å². The molecule has 0 aromatic heterocycles. The van der Waals surface area contributed by atoms with E-state index in [1.165, 1.54) is 7.11 Å². The van der Waals surface area contributed by atoms with Gasteiger partial charge < -0.3 is 10.1 Å². The van der Waals surface area contributed by atoms with Gasteiger partial charge in [-0.2, -0.15) is 0 Å². The van der Waals surface area contributed by atoms with Crippen molar-refractivity contribution in [2.24, 2.45) is 0 Å². The molecule has 0 aliphatic heterocycles. The first kappa shape index (κ1) is 24.3. The third-order valence-electron chi connectivity index (χ3n) is 5.62. The second kappa shape index (κ2) is 9.67. The van der Waals surface area contributed by atoms with Crippen LogP contribution in [0.2, 0.25) is 0 Å². The van der Waals surface area contributed by atoms with E-state index in [2.05, 4.69) is 5.32 Å². The maximum Gasteiger partial charge on any atom is 0.268 e. The normalized spacial score (nSPS) is 11.2. The average molecular weight is 467 g/mol. The molecule has 3 aromatic rings. The van der Waals surface area contributed by atoms with Crippen molar-refractivity contribution in [1.29, 1.82) is 0 Å². The zero-order chi connectivity index (χ0) is 24.3. The van der Waals surface area contributed by atoms with E-state index in [0.29, 0.717) is 11.4 Å². The summed E-state index contributed by atoms with van der Waals surface area (Å²) in [5.74, 6) is -0.207. The fourth-order valence-corrected chi connectivity index (χ4v) is 5.15. The number of anilines is 2. The van der Waals surface area contributed by atoms with Crippen LogP contribution < -0.4 is 14.4 Å². The van der Waals surface area contributed by atoms with Gasteiger partial charge in [-0.25, -0.2) is 8.42 Å². The van der Waals surface area contributed by atoms with Crippen LogP contribution in [0.25, 0.3) is 0 Å². The minimum absolute atomic E-state index is 0.0164. The van der Waals surface area contributed by atoms with Crippen molar-refractivity contribution in [1.82, 2.24) is 0 Å². The minimum atomic E-state index is -4.11. The fourth-order valence-electron chi connectivity index (χ4n) is 3.49. The Kier molecular flexibility index (Phi) is 7.12. The van der Waals surface area contributed by atoms with Gasteiger partial charge in [-0.15, -0.1) is 0 Å². The van der Waals surface area contributed by atoms with Crippen LogP contribution in [-0.4, -0.2) is 28.0 Å². The number of sulfonamides is 1. The van der Waals surface area contributed by atoms with Gasteiger partial charge in [0.1, 0.15) is 17.2 Å². The number of methoxy groups -OCH3 is 1. The number of hydrogen-bond acceptors (Lipinski definition) is 4. The van der Waals surface area contributed by atoms with Crippen LogP contribution in [0.3, 0.4) is 0 Å². The number of aryl methyl sites for hydroxylation is 5. The van der Waals surface area contributed by atoms with E-state index in [4.69, 9.17) is 4.74 Å². The van der Waals surface area contributed by atoms with E-state index >= 15 is 0 Å². The molecule has 174 valence electrons. The van der Waals surface area contributed by atoms with E-state index in [1.807, 2.05) is 58.9 Å². The largest absolute Gasteiger partial charge is 0.495 e. The summed E-state index contributed by atoms with van der Waals surface area (Å²) in [5, 5.41) is 2.86. The second-order valence-corrected chi connectivity index (χ2v) is 10.1. The van der Waals surface area contributed by atoms with E-state index < -0.39 is 15.9 Å². The highest BCUT2D eigenvalue weighted by Crippen LogP contribution is 2.32. The van der Waals surface area contributed by atoms with Crippen molar-refractivity contribution in [2.75, 3.05) is 23.3 Å². The Labute approximate surface area is 196 Å². The fraction of sp³-hybridized carbons (Fsp3) is 0.269. The third kappa shape index (κ3) is 5.37. The first-order valence-electron chi connectivity index (χ1n) is 10.6. The number of nitrogens with one attached hydrogen (secondary N) is 1. The molecule has 0 aliphatic carbocycles. The first-order chi connectivity index (χ1) is 15.5. The molecule has 0 saturated heterocycles. The Morgan fingerprint density at radius 3 is 2.15 bits per heavy atom. The summed E-state index contributed by atoms with van der Waals surface area (Å²) in [7, 11) is -2.68. The monoisotopic (exact) mass is 466 g/mol. The van der Waals surface area contributed by atoms with Gasteiger partial charge in [0.15, 0.2) is 0 Å². The molecule has 1 amide bonds. The number of carbonyl (C=O) groups is 1. The van der Waals surface area contributed by atoms with Crippen LogP contribution in [0.5, 0.6) is 5.75 Å². The number of rotatable bonds is 7. The number of benzene rings is 3. The van der Waals surface area contributed by atoms with E-state index in [-0.39, 0.29) is 17.2 Å². The predicted molar refractivity (Wildman–Crippen MR) is 133 cm³/mol. The predicted octanol–water partition coefficient (Wildman–Crippen LogP) is 5.07. The molecule has 0 aliphatic rings. The zero-order valence-electron chi connectivity index (χ0n) is 19.9. The van der Waals surface area contributed by atoms with E-state index in [0.717, 1.165) is 32.1 Å². The molecule has 33 heavy (non-hydrogen) atoms. The Bertz CT molecular complexity index is 1300. The molecule has 6 nitrogen and oxygen atoms in total. The summed E-state index contributed by atoms with van der Waals surface area (Å²) in [5.41, 5.74) is 5.70. The molecule has 1 N–H and O–H groups in total. The van der Waals surface area contributed by atoms with Crippen molar-refractivity contribution >= 4 is 27.3 Å². The number of ether oxygens (including phenoxy) is 1. The third-order valence-corrected chi connectivity index (χ3v) is 7.42. The van der Waals surface area contributed by atoms with Gasteiger partial charge in [-0.05, 0) is 92.8 Å². The van der Waals surface area contributed by atoms with Gasteiger partial charge in [0.05, 0.1) is 12.8 Å². The molecule has 0 bridgehead atoms. The molecule has 0 unspecified atom stereocenters. The Balaban J connectivity index is 2.06. The molecule has 0 heterocycles. The Morgan fingerprint density at radius 1 is 0.848 bits per heavy atom. The summed E-state index contributed by atoms with van der Waals surface area (Å²) < 4.78 is 34.1. The molecule has 0 atom stereocenters. The molecule has 0 radical (unpaired) electrons. The highest BCUT2D eigenvalue weighted by atomic mass is 32.2. The summed E-state index contributed by atoms with van der Waals surface area (Å²) >= 11 is 0. The molecule has 7 heteroatoms. The van der Waals surface area contributed by atoms with Crippen LogP contribution >= 0.6 is 0 Å². The van der Waals surface area contributed by atoms with Crippen molar-refractivity contribution < 1.29 is 17.9 Å². The van der Waals surface area contributed by atoms with Crippen LogP contribution in [0.15, 0.2) is 59.5 Å². The quantitative estimate of drug-likeness (QED) is 0.527. The van der Waals surface area contributed by atoms with Crippen molar-refractivity contribution in [3.63, 3.8) is 0 Å². The average Bonchev–Trinajstić information content (AvgIpc) is 2.76. The molecule has 0 saturated carbocycles. The number of hydrogen-bond donors (Lipinski definition) is 1. The summed E-state index contributed by atoms with van der Waals surface area (Å²) in [6.07, 6.45) is 0. The maximum absolute atomic E-state index is 13.8. The van der Waals surface area contributed by atoms with Gasteiger partial charge in [-0.3, -0.25) is 9.10 Å². The van der Waals surface area contributed by atoms with Gasteiger partial charge >= 0.3 is 0 Å². The van der Waals surface area contributed by atoms with E-state index in [1.54, 1.807) is 30.3 Å². The molecular formula is C26H30N2O4S. The lowest BCUT2D eigenvalue weighted by Crippen LogP contribution is -2.38.